The lowest BCUT2D eigenvalue weighted by Crippen LogP contribution is -2.16. The number of hydrogen-bond donors (Lipinski definition) is 1. The van der Waals surface area contributed by atoms with E-state index in [-0.39, 0.29) is 18.3 Å². The molecular formula is C22H26N4O3S2. The Morgan fingerprint density at radius 2 is 1.94 bits per heavy atom. The van der Waals surface area contributed by atoms with Crippen LogP contribution in [0, 0.1) is 13.8 Å². The average Bonchev–Trinajstić information content (AvgIpc) is 3.26. The van der Waals surface area contributed by atoms with Crippen molar-refractivity contribution >= 4 is 40.0 Å². The van der Waals surface area contributed by atoms with Gasteiger partial charge in [-0.2, -0.15) is 0 Å². The summed E-state index contributed by atoms with van der Waals surface area (Å²) in [5, 5.41) is 12.6. The summed E-state index contributed by atoms with van der Waals surface area (Å²) in [6.07, 6.45) is 0.786. The Kier molecular flexibility index (Phi) is 7.50. The maximum absolute atomic E-state index is 12.6. The third-order valence-corrected chi connectivity index (χ3v) is 7.22. The number of nitrogens with zero attached hydrogens (tertiary/aromatic N) is 3. The average molecular weight is 459 g/mol. The summed E-state index contributed by atoms with van der Waals surface area (Å²) in [5.41, 5.74) is 3.43. The molecule has 0 radical (unpaired) electrons. The summed E-state index contributed by atoms with van der Waals surface area (Å²) < 4.78 is 7.06. The normalized spacial score (nSPS) is 10.9. The Morgan fingerprint density at radius 3 is 2.61 bits per heavy atom. The van der Waals surface area contributed by atoms with Gasteiger partial charge in [-0.15, -0.1) is 21.5 Å². The highest BCUT2D eigenvalue weighted by atomic mass is 32.2. The predicted octanol–water partition coefficient (Wildman–Crippen LogP) is 4.63. The highest BCUT2D eigenvalue weighted by molar-refractivity contribution is 7.99. The van der Waals surface area contributed by atoms with Crippen molar-refractivity contribution in [1.82, 2.24) is 14.8 Å². The number of thiophene rings is 1. The van der Waals surface area contributed by atoms with Gasteiger partial charge in [0.2, 0.25) is 5.91 Å². The van der Waals surface area contributed by atoms with E-state index in [0.717, 1.165) is 33.8 Å². The van der Waals surface area contributed by atoms with Gasteiger partial charge in [-0.25, -0.2) is 4.79 Å². The number of nitrogens with one attached hydrogen (secondary N) is 1. The molecule has 0 saturated carbocycles. The van der Waals surface area contributed by atoms with Gasteiger partial charge in [0.1, 0.15) is 5.00 Å². The number of carbonyl (C=O) groups excluding carboxylic acids is 2. The Morgan fingerprint density at radius 1 is 1.19 bits per heavy atom. The molecule has 1 amide bonds. The van der Waals surface area contributed by atoms with Crippen molar-refractivity contribution in [3.05, 3.63) is 45.8 Å². The molecule has 2 heterocycles. The van der Waals surface area contributed by atoms with Crippen LogP contribution in [0.15, 0.2) is 29.4 Å². The fraction of sp³-hybridized carbons (Fsp3) is 0.364. The number of esters is 1. The molecule has 0 spiro atoms. The lowest BCUT2D eigenvalue weighted by molar-refractivity contribution is -0.113. The molecule has 1 N–H and O–H groups in total. The van der Waals surface area contributed by atoms with Gasteiger partial charge in [-0.1, -0.05) is 43.0 Å². The quantitative estimate of drug-likeness (QED) is 0.391. The van der Waals surface area contributed by atoms with Crippen molar-refractivity contribution in [3.63, 3.8) is 0 Å². The molecule has 0 bridgehead atoms. The van der Waals surface area contributed by atoms with Crippen LogP contribution < -0.4 is 5.32 Å². The lowest BCUT2D eigenvalue weighted by atomic mass is 10.1. The lowest BCUT2D eigenvalue weighted by Gasteiger charge is -2.08. The zero-order chi connectivity index (χ0) is 22.5. The minimum atomic E-state index is -0.407. The number of aryl methyl sites for hydroxylation is 2. The third-order valence-electron chi connectivity index (χ3n) is 4.85. The smallest absolute Gasteiger partial charge is 0.341 e. The van der Waals surface area contributed by atoms with E-state index in [1.807, 2.05) is 56.7 Å². The summed E-state index contributed by atoms with van der Waals surface area (Å²) in [5.74, 6) is 0.294. The number of anilines is 1. The Hall–Kier alpha value is -2.65. The first-order valence-electron chi connectivity index (χ1n) is 10.0. The van der Waals surface area contributed by atoms with Gasteiger partial charge in [0.05, 0.1) is 17.9 Å². The zero-order valence-electron chi connectivity index (χ0n) is 18.3. The summed E-state index contributed by atoms with van der Waals surface area (Å²) in [6.45, 7) is 7.99. The topological polar surface area (TPSA) is 86.1 Å². The number of carbonyl (C=O) groups is 2. The number of amides is 1. The first-order chi connectivity index (χ1) is 14.9. The number of thioether (sulfide) groups is 1. The molecule has 3 rings (SSSR count). The van der Waals surface area contributed by atoms with E-state index in [2.05, 4.69) is 15.5 Å². The van der Waals surface area contributed by atoms with E-state index in [0.29, 0.717) is 15.7 Å². The minimum absolute atomic E-state index is 0.153. The number of benzene rings is 1. The van der Waals surface area contributed by atoms with Gasteiger partial charge in [-0.05, 0) is 38.3 Å². The van der Waals surface area contributed by atoms with Crippen LogP contribution in [-0.4, -0.2) is 39.0 Å². The molecule has 3 aromatic rings. The number of hydrogen-bond acceptors (Lipinski definition) is 7. The Labute approximate surface area is 190 Å². The fourth-order valence-corrected chi connectivity index (χ4v) is 5.09. The molecule has 0 aliphatic carbocycles. The van der Waals surface area contributed by atoms with Crippen LogP contribution >= 0.6 is 23.1 Å². The molecule has 7 nitrogen and oxygen atoms in total. The molecule has 31 heavy (non-hydrogen) atoms. The van der Waals surface area contributed by atoms with Crippen molar-refractivity contribution in [3.8, 4) is 11.4 Å². The molecule has 0 atom stereocenters. The summed E-state index contributed by atoms with van der Waals surface area (Å²) in [7, 11) is 1.89. The molecule has 2 aromatic heterocycles. The van der Waals surface area contributed by atoms with Gasteiger partial charge in [0.25, 0.3) is 0 Å². The van der Waals surface area contributed by atoms with Crippen LogP contribution in [0.5, 0.6) is 0 Å². The molecule has 0 fully saturated rings. The van der Waals surface area contributed by atoms with Crippen LogP contribution in [0.2, 0.25) is 0 Å². The maximum Gasteiger partial charge on any atom is 0.341 e. The van der Waals surface area contributed by atoms with Gasteiger partial charge in [0, 0.05) is 17.5 Å². The van der Waals surface area contributed by atoms with Crippen molar-refractivity contribution in [2.45, 2.75) is 39.3 Å². The molecule has 0 aliphatic heterocycles. The Balaban J connectivity index is 1.72. The second-order valence-electron chi connectivity index (χ2n) is 6.95. The van der Waals surface area contributed by atoms with Gasteiger partial charge >= 0.3 is 5.97 Å². The third kappa shape index (κ3) is 4.99. The summed E-state index contributed by atoms with van der Waals surface area (Å²) in [6, 6.07) is 7.98. The number of ether oxygens (including phenoxy) is 1. The highest BCUT2D eigenvalue weighted by Crippen LogP contribution is 2.34. The van der Waals surface area contributed by atoms with E-state index in [1.54, 1.807) is 6.92 Å². The first-order valence-corrected chi connectivity index (χ1v) is 11.8. The molecule has 9 heteroatoms. The van der Waals surface area contributed by atoms with Gasteiger partial charge in [-0.3, -0.25) is 4.79 Å². The molecule has 1 aromatic carbocycles. The first kappa shape index (κ1) is 23.0. The van der Waals surface area contributed by atoms with Crippen molar-refractivity contribution < 1.29 is 14.3 Å². The van der Waals surface area contributed by atoms with E-state index < -0.39 is 5.97 Å². The molecule has 0 saturated heterocycles. The second-order valence-corrected chi connectivity index (χ2v) is 8.99. The number of aromatic nitrogens is 3. The SMILES string of the molecule is CCOC(=O)c1c(NC(=O)CSc2nnc(-c3ccccc3C)n2C)sc(CC)c1C. The zero-order valence-corrected chi connectivity index (χ0v) is 19.9. The van der Waals surface area contributed by atoms with Gasteiger partial charge < -0.3 is 14.6 Å². The van der Waals surface area contributed by atoms with Crippen LogP contribution in [-0.2, 0) is 23.0 Å². The molecule has 0 unspecified atom stereocenters. The largest absolute Gasteiger partial charge is 0.462 e. The van der Waals surface area contributed by atoms with Crippen LogP contribution in [0.1, 0.15) is 40.2 Å². The van der Waals surface area contributed by atoms with Crippen LogP contribution in [0.3, 0.4) is 0 Å². The van der Waals surface area contributed by atoms with Crippen molar-refractivity contribution in [2.24, 2.45) is 7.05 Å². The highest BCUT2D eigenvalue weighted by Gasteiger charge is 2.23. The maximum atomic E-state index is 12.6. The number of rotatable bonds is 8. The second kappa shape index (κ2) is 10.1. The summed E-state index contributed by atoms with van der Waals surface area (Å²) >= 11 is 2.72. The van der Waals surface area contributed by atoms with E-state index in [9.17, 15) is 9.59 Å². The molecular weight excluding hydrogens is 432 g/mol. The minimum Gasteiger partial charge on any atom is -0.462 e. The van der Waals surface area contributed by atoms with Gasteiger partial charge in [0.15, 0.2) is 11.0 Å². The standard InChI is InChI=1S/C22H26N4O3S2/c1-6-16-14(4)18(21(28)29-7-2)20(31-16)23-17(27)12-30-22-25-24-19(26(22)5)15-11-9-8-10-13(15)3/h8-11H,6-7,12H2,1-5H3,(H,23,27). The van der Waals surface area contributed by atoms with Crippen LogP contribution in [0.25, 0.3) is 11.4 Å². The van der Waals surface area contributed by atoms with E-state index in [4.69, 9.17) is 4.74 Å². The monoisotopic (exact) mass is 458 g/mol. The van der Waals surface area contributed by atoms with E-state index in [1.165, 1.54) is 23.1 Å². The van der Waals surface area contributed by atoms with Crippen molar-refractivity contribution in [2.75, 3.05) is 17.7 Å². The molecule has 164 valence electrons. The van der Waals surface area contributed by atoms with E-state index >= 15 is 0 Å². The van der Waals surface area contributed by atoms with Crippen molar-refractivity contribution in [1.29, 1.82) is 0 Å². The Bertz CT molecular complexity index is 1100. The predicted molar refractivity (Wildman–Crippen MR) is 125 cm³/mol. The fourth-order valence-electron chi connectivity index (χ4n) is 3.23. The summed E-state index contributed by atoms with van der Waals surface area (Å²) in [4.78, 5) is 26.1. The van der Waals surface area contributed by atoms with Crippen LogP contribution in [0.4, 0.5) is 5.00 Å². The molecule has 0 aliphatic rings.